The molecule has 2 aromatic carbocycles. The van der Waals surface area contributed by atoms with Gasteiger partial charge >= 0.3 is 0 Å². The predicted octanol–water partition coefficient (Wildman–Crippen LogP) is 3.83. The molecule has 0 aliphatic rings. The first-order chi connectivity index (χ1) is 11.7. The molecule has 0 saturated heterocycles. The second kappa shape index (κ2) is 7.47. The van der Waals surface area contributed by atoms with Gasteiger partial charge in [0.2, 0.25) is 0 Å². The number of rotatable bonds is 8. The summed E-state index contributed by atoms with van der Waals surface area (Å²) in [5.74, 6) is 0. The van der Waals surface area contributed by atoms with Crippen molar-refractivity contribution in [1.82, 2.24) is 9.47 Å². The predicted molar refractivity (Wildman–Crippen MR) is 102 cm³/mol. The lowest BCUT2D eigenvalue weighted by Crippen LogP contribution is -2.35. The van der Waals surface area contributed by atoms with Crippen molar-refractivity contribution in [3.8, 4) is 0 Å². The lowest BCUT2D eigenvalue weighted by molar-refractivity contribution is 0.111. The van der Waals surface area contributed by atoms with Crippen molar-refractivity contribution in [2.45, 2.75) is 12.6 Å². The normalized spacial score (nSPS) is 12.8. The van der Waals surface area contributed by atoms with Crippen LogP contribution >= 0.6 is 0 Å². The van der Waals surface area contributed by atoms with Gasteiger partial charge in [-0.2, -0.15) is 0 Å². The summed E-state index contributed by atoms with van der Waals surface area (Å²) in [4.78, 5) is 2.14. The number of para-hydroxylation sites is 2. The molecular weight excluding hydrogens is 296 g/mol. The van der Waals surface area contributed by atoms with Crippen LogP contribution in [0.1, 0.15) is 0 Å². The van der Waals surface area contributed by atoms with Crippen LogP contribution < -0.4 is 0 Å². The maximum atomic E-state index is 10.6. The van der Waals surface area contributed by atoms with Gasteiger partial charge in [0.05, 0.1) is 12.6 Å². The minimum absolute atomic E-state index is 0.455. The highest BCUT2D eigenvalue weighted by Crippen LogP contribution is 2.28. The van der Waals surface area contributed by atoms with E-state index < -0.39 is 6.10 Å². The molecule has 3 nitrogen and oxygen atoms in total. The summed E-state index contributed by atoms with van der Waals surface area (Å²) in [7, 11) is 0. The molecule has 1 heterocycles. The van der Waals surface area contributed by atoms with Crippen molar-refractivity contribution in [1.29, 1.82) is 0 Å². The van der Waals surface area contributed by atoms with Crippen molar-refractivity contribution in [3.63, 3.8) is 0 Å². The minimum Gasteiger partial charge on any atom is -0.390 e. The van der Waals surface area contributed by atoms with E-state index in [0.29, 0.717) is 13.1 Å². The van der Waals surface area contributed by atoms with Crippen molar-refractivity contribution in [2.24, 2.45) is 0 Å². The van der Waals surface area contributed by atoms with Crippen LogP contribution in [0.2, 0.25) is 0 Å². The molecule has 0 aliphatic carbocycles. The Labute approximate surface area is 143 Å². The summed E-state index contributed by atoms with van der Waals surface area (Å²) < 4.78 is 2.22. The highest BCUT2D eigenvalue weighted by Gasteiger charge is 2.15. The average molecular weight is 320 g/mol. The van der Waals surface area contributed by atoms with E-state index in [2.05, 4.69) is 59.0 Å². The largest absolute Gasteiger partial charge is 0.390 e. The van der Waals surface area contributed by atoms with E-state index in [1.54, 1.807) is 0 Å². The third-order valence-electron chi connectivity index (χ3n) is 4.32. The fourth-order valence-electron chi connectivity index (χ4n) is 3.36. The molecule has 0 spiro atoms. The second-order valence-corrected chi connectivity index (χ2v) is 6.09. The van der Waals surface area contributed by atoms with Gasteiger partial charge in [-0.25, -0.2) is 0 Å². The fourth-order valence-corrected chi connectivity index (χ4v) is 3.36. The van der Waals surface area contributed by atoms with Gasteiger partial charge < -0.3 is 9.67 Å². The van der Waals surface area contributed by atoms with Gasteiger partial charge in [0.15, 0.2) is 0 Å². The van der Waals surface area contributed by atoms with Gasteiger partial charge in [0.25, 0.3) is 0 Å². The number of hydrogen-bond acceptors (Lipinski definition) is 2. The zero-order valence-electron chi connectivity index (χ0n) is 13.9. The molecule has 0 bridgehead atoms. The number of fused-ring (bicyclic) bond motifs is 3. The van der Waals surface area contributed by atoms with Crippen molar-refractivity contribution in [3.05, 3.63) is 73.8 Å². The molecule has 1 atom stereocenters. The summed E-state index contributed by atoms with van der Waals surface area (Å²) in [5.41, 5.74) is 2.33. The molecule has 24 heavy (non-hydrogen) atoms. The van der Waals surface area contributed by atoms with Gasteiger partial charge in [-0.1, -0.05) is 48.6 Å². The van der Waals surface area contributed by atoms with Crippen LogP contribution in [0, 0.1) is 0 Å². The van der Waals surface area contributed by atoms with E-state index in [9.17, 15) is 5.11 Å². The first-order valence-corrected chi connectivity index (χ1v) is 8.32. The third kappa shape index (κ3) is 3.28. The average Bonchev–Trinajstić information content (AvgIpc) is 2.90. The second-order valence-electron chi connectivity index (χ2n) is 6.09. The Hall–Kier alpha value is -2.36. The Kier molecular flexibility index (Phi) is 5.14. The number of aromatic nitrogens is 1. The molecule has 0 radical (unpaired) electrons. The van der Waals surface area contributed by atoms with Crippen LogP contribution in [-0.2, 0) is 6.54 Å². The molecule has 0 fully saturated rings. The van der Waals surface area contributed by atoms with Crippen molar-refractivity contribution >= 4 is 21.8 Å². The quantitative estimate of drug-likeness (QED) is 0.639. The van der Waals surface area contributed by atoms with Gasteiger partial charge in [-0.3, -0.25) is 4.90 Å². The first-order valence-electron chi connectivity index (χ1n) is 8.32. The topological polar surface area (TPSA) is 28.4 Å². The SMILES string of the molecule is C=CCN(CC=C)C[C@H](O)Cn1c2ccccc2c2ccccc21. The van der Waals surface area contributed by atoms with Crippen LogP contribution in [0.25, 0.3) is 21.8 Å². The smallest absolute Gasteiger partial charge is 0.0846 e. The molecule has 3 heteroatoms. The third-order valence-corrected chi connectivity index (χ3v) is 4.32. The zero-order valence-corrected chi connectivity index (χ0v) is 13.9. The Morgan fingerprint density at radius 2 is 1.42 bits per heavy atom. The number of hydrogen-bond donors (Lipinski definition) is 1. The van der Waals surface area contributed by atoms with Gasteiger partial charge in [0, 0.05) is 41.4 Å². The standard InChI is InChI=1S/C21H24N2O/c1-3-13-22(14-4-2)15-17(24)16-23-20-11-7-5-9-18(20)19-10-6-8-12-21(19)23/h3-12,17,24H,1-2,13-16H2/t17-/m0/s1. The van der Waals surface area contributed by atoms with E-state index in [-0.39, 0.29) is 0 Å². The molecular formula is C21H24N2O. The lowest BCUT2D eigenvalue weighted by atomic mass is 10.2. The zero-order chi connectivity index (χ0) is 16.9. The van der Waals surface area contributed by atoms with Gasteiger partial charge in [-0.05, 0) is 12.1 Å². The van der Waals surface area contributed by atoms with Gasteiger partial charge in [-0.15, -0.1) is 13.2 Å². The van der Waals surface area contributed by atoms with Crippen molar-refractivity contribution < 1.29 is 5.11 Å². The van der Waals surface area contributed by atoms with E-state index in [0.717, 1.165) is 24.1 Å². The van der Waals surface area contributed by atoms with E-state index in [4.69, 9.17) is 0 Å². The Morgan fingerprint density at radius 1 is 0.917 bits per heavy atom. The van der Waals surface area contributed by atoms with Crippen LogP contribution in [0.4, 0.5) is 0 Å². The number of nitrogens with zero attached hydrogens (tertiary/aromatic N) is 2. The molecule has 124 valence electrons. The summed E-state index contributed by atoms with van der Waals surface area (Å²) >= 11 is 0. The molecule has 3 rings (SSSR count). The summed E-state index contributed by atoms with van der Waals surface area (Å²) in [6.45, 7) is 10.2. The molecule has 0 unspecified atom stereocenters. The molecule has 1 N–H and O–H groups in total. The van der Waals surface area contributed by atoms with E-state index in [1.807, 2.05) is 24.3 Å². The molecule has 1 aromatic heterocycles. The fraction of sp³-hybridized carbons (Fsp3) is 0.238. The summed E-state index contributed by atoms with van der Waals surface area (Å²) in [6, 6.07) is 16.7. The highest BCUT2D eigenvalue weighted by molar-refractivity contribution is 6.07. The maximum absolute atomic E-state index is 10.6. The molecule has 3 aromatic rings. The van der Waals surface area contributed by atoms with E-state index in [1.165, 1.54) is 10.8 Å². The molecule has 0 aliphatic heterocycles. The Morgan fingerprint density at radius 3 is 1.92 bits per heavy atom. The minimum atomic E-state index is -0.455. The maximum Gasteiger partial charge on any atom is 0.0846 e. The first kappa shape index (κ1) is 16.5. The Balaban J connectivity index is 1.91. The van der Waals surface area contributed by atoms with E-state index >= 15 is 0 Å². The monoisotopic (exact) mass is 320 g/mol. The van der Waals surface area contributed by atoms with Crippen LogP contribution in [0.15, 0.2) is 73.8 Å². The lowest BCUT2D eigenvalue weighted by Gasteiger charge is -2.23. The number of aliphatic hydroxyl groups excluding tert-OH is 1. The highest BCUT2D eigenvalue weighted by atomic mass is 16.3. The summed E-state index contributed by atoms with van der Waals surface area (Å²) in [5, 5.41) is 13.1. The molecule has 0 saturated carbocycles. The Bertz CT molecular complexity index is 786. The molecule has 0 amide bonds. The van der Waals surface area contributed by atoms with Crippen LogP contribution in [-0.4, -0.2) is 40.3 Å². The number of aliphatic hydroxyl groups is 1. The van der Waals surface area contributed by atoms with Crippen LogP contribution in [0.5, 0.6) is 0 Å². The van der Waals surface area contributed by atoms with Gasteiger partial charge in [0.1, 0.15) is 0 Å². The van der Waals surface area contributed by atoms with Crippen molar-refractivity contribution in [2.75, 3.05) is 19.6 Å². The number of benzene rings is 2. The van der Waals surface area contributed by atoms with Crippen LogP contribution in [0.3, 0.4) is 0 Å². The summed E-state index contributed by atoms with van der Waals surface area (Å²) in [6.07, 6.45) is 3.26.